The van der Waals surface area contributed by atoms with Crippen LogP contribution in [0.25, 0.3) is 0 Å². The molecule has 0 saturated carbocycles. The molecule has 2 rings (SSSR count). The van der Waals surface area contributed by atoms with Crippen LogP contribution in [0.15, 0.2) is 29.2 Å². The second kappa shape index (κ2) is 7.63. The molecule has 1 heterocycles. The maximum Gasteiger partial charge on any atom is 0.243 e. The molecule has 1 saturated heterocycles. The van der Waals surface area contributed by atoms with E-state index in [4.69, 9.17) is 5.73 Å². The van der Waals surface area contributed by atoms with E-state index < -0.39 is 16.1 Å². The Kier molecular flexibility index (Phi) is 6.01. The first-order valence-electron chi connectivity index (χ1n) is 8.34. The van der Waals surface area contributed by atoms with Crippen LogP contribution in [-0.4, -0.2) is 43.8 Å². The number of nitrogens with one attached hydrogen (secondary N) is 1. The maximum atomic E-state index is 12.6. The molecular formula is C17H27N3O3S. The van der Waals surface area contributed by atoms with Crippen molar-refractivity contribution < 1.29 is 13.2 Å². The van der Waals surface area contributed by atoms with Crippen molar-refractivity contribution in [3.63, 3.8) is 0 Å². The number of carbonyl (C=O) groups is 1. The lowest BCUT2D eigenvalue weighted by atomic mass is 10.0. The van der Waals surface area contributed by atoms with E-state index in [9.17, 15) is 13.2 Å². The highest BCUT2D eigenvalue weighted by Gasteiger charge is 2.30. The van der Waals surface area contributed by atoms with Crippen molar-refractivity contribution >= 4 is 15.9 Å². The van der Waals surface area contributed by atoms with Gasteiger partial charge in [-0.1, -0.05) is 31.5 Å². The number of nitrogens with two attached hydrogens (primary N) is 1. The molecule has 1 aliphatic heterocycles. The van der Waals surface area contributed by atoms with Crippen LogP contribution in [-0.2, 0) is 14.8 Å². The minimum atomic E-state index is -3.46. The van der Waals surface area contributed by atoms with E-state index in [1.54, 1.807) is 24.3 Å². The lowest BCUT2D eigenvalue weighted by Gasteiger charge is -2.32. The first kappa shape index (κ1) is 18.9. The Morgan fingerprint density at radius 3 is 2.25 bits per heavy atom. The highest BCUT2D eigenvalue weighted by molar-refractivity contribution is 7.89. The summed E-state index contributed by atoms with van der Waals surface area (Å²) < 4.78 is 26.8. The zero-order valence-electron chi connectivity index (χ0n) is 14.5. The van der Waals surface area contributed by atoms with E-state index in [-0.39, 0.29) is 17.9 Å². The van der Waals surface area contributed by atoms with Crippen LogP contribution in [0.5, 0.6) is 0 Å². The van der Waals surface area contributed by atoms with Gasteiger partial charge in [0.2, 0.25) is 15.9 Å². The summed E-state index contributed by atoms with van der Waals surface area (Å²) in [6.07, 6.45) is 1.20. The van der Waals surface area contributed by atoms with Crippen molar-refractivity contribution in [3.8, 4) is 0 Å². The molecule has 24 heavy (non-hydrogen) atoms. The van der Waals surface area contributed by atoms with Crippen LogP contribution in [0, 0.1) is 12.8 Å². The molecule has 0 spiro atoms. The molecule has 7 heteroatoms. The Bertz CT molecular complexity index is 663. The van der Waals surface area contributed by atoms with Crippen molar-refractivity contribution in [3.05, 3.63) is 29.8 Å². The molecular weight excluding hydrogens is 326 g/mol. The summed E-state index contributed by atoms with van der Waals surface area (Å²) in [6.45, 7) is 6.53. The maximum absolute atomic E-state index is 12.6. The number of hydrogen-bond donors (Lipinski definition) is 2. The summed E-state index contributed by atoms with van der Waals surface area (Å²) >= 11 is 0. The van der Waals surface area contributed by atoms with Gasteiger partial charge >= 0.3 is 0 Å². The van der Waals surface area contributed by atoms with Crippen molar-refractivity contribution in [2.45, 2.75) is 50.6 Å². The molecule has 0 aromatic heterocycles. The van der Waals surface area contributed by atoms with Gasteiger partial charge in [-0.2, -0.15) is 4.31 Å². The predicted molar refractivity (Wildman–Crippen MR) is 93.9 cm³/mol. The summed E-state index contributed by atoms with van der Waals surface area (Å²) in [5, 5.41) is 2.93. The van der Waals surface area contributed by atoms with Crippen LogP contribution >= 0.6 is 0 Å². The minimum absolute atomic E-state index is 0.0215. The zero-order valence-corrected chi connectivity index (χ0v) is 15.3. The smallest absolute Gasteiger partial charge is 0.243 e. The van der Waals surface area contributed by atoms with Gasteiger partial charge in [-0.15, -0.1) is 0 Å². The fourth-order valence-electron chi connectivity index (χ4n) is 2.70. The Balaban J connectivity index is 1.95. The van der Waals surface area contributed by atoms with E-state index in [1.165, 1.54) is 4.31 Å². The number of aryl methyl sites for hydroxylation is 1. The van der Waals surface area contributed by atoms with E-state index in [0.29, 0.717) is 30.8 Å². The van der Waals surface area contributed by atoms with Gasteiger partial charge in [0.1, 0.15) is 0 Å². The van der Waals surface area contributed by atoms with Gasteiger partial charge in [-0.05, 0) is 37.8 Å². The van der Waals surface area contributed by atoms with E-state index in [2.05, 4.69) is 5.32 Å². The Labute approximate surface area is 144 Å². The third-order valence-electron chi connectivity index (χ3n) is 4.48. The number of sulfonamides is 1. The van der Waals surface area contributed by atoms with Gasteiger partial charge < -0.3 is 11.1 Å². The molecule has 1 aromatic rings. The number of amides is 1. The average Bonchev–Trinajstić information content (AvgIpc) is 2.55. The molecule has 134 valence electrons. The zero-order chi connectivity index (χ0) is 17.9. The number of benzene rings is 1. The molecule has 1 fully saturated rings. The third kappa shape index (κ3) is 4.34. The number of piperidine rings is 1. The quantitative estimate of drug-likeness (QED) is 0.833. The largest absolute Gasteiger partial charge is 0.352 e. The highest BCUT2D eigenvalue weighted by atomic mass is 32.2. The third-order valence-corrected chi connectivity index (χ3v) is 6.39. The molecule has 0 unspecified atom stereocenters. The fourth-order valence-corrected chi connectivity index (χ4v) is 4.17. The lowest BCUT2D eigenvalue weighted by Crippen LogP contribution is -2.51. The summed E-state index contributed by atoms with van der Waals surface area (Å²) in [5.41, 5.74) is 6.87. The number of hydrogen-bond acceptors (Lipinski definition) is 4. The second-order valence-corrected chi connectivity index (χ2v) is 8.71. The van der Waals surface area contributed by atoms with E-state index in [0.717, 1.165) is 5.56 Å². The predicted octanol–water partition coefficient (Wildman–Crippen LogP) is 1.25. The van der Waals surface area contributed by atoms with Crippen LogP contribution in [0.3, 0.4) is 0 Å². The number of rotatable bonds is 5. The van der Waals surface area contributed by atoms with Crippen LogP contribution in [0.1, 0.15) is 32.3 Å². The molecule has 0 aliphatic carbocycles. The summed E-state index contributed by atoms with van der Waals surface area (Å²) in [4.78, 5) is 12.3. The topological polar surface area (TPSA) is 92.5 Å². The summed E-state index contributed by atoms with van der Waals surface area (Å²) in [7, 11) is -3.46. The lowest BCUT2D eigenvalue weighted by molar-refractivity contribution is -0.124. The second-order valence-electron chi connectivity index (χ2n) is 6.77. The van der Waals surface area contributed by atoms with Crippen molar-refractivity contribution in [1.82, 2.24) is 9.62 Å². The van der Waals surface area contributed by atoms with Gasteiger partial charge in [0.05, 0.1) is 10.9 Å². The van der Waals surface area contributed by atoms with Crippen LogP contribution in [0.4, 0.5) is 0 Å². The van der Waals surface area contributed by atoms with Gasteiger partial charge in [-0.3, -0.25) is 4.79 Å². The van der Waals surface area contributed by atoms with Crippen molar-refractivity contribution in [2.24, 2.45) is 11.7 Å². The first-order chi connectivity index (χ1) is 11.2. The molecule has 1 aromatic carbocycles. The monoisotopic (exact) mass is 353 g/mol. The number of nitrogens with zero attached hydrogens (tertiary/aromatic N) is 1. The van der Waals surface area contributed by atoms with E-state index >= 15 is 0 Å². The summed E-state index contributed by atoms with van der Waals surface area (Å²) in [5.74, 6) is -0.0863. The SMILES string of the molecule is Cc1ccc(S(=O)(=O)N2CCC(NC(=O)[C@@H](N)C(C)C)CC2)cc1. The molecule has 1 aliphatic rings. The van der Waals surface area contributed by atoms with E-state index in [1.807, 2.05) is 20.8 Å². The standard InChI is InChI=1S/C17H27N3O3S/c1-12(2)16(18)17(21)19-14-8-10-20(11-9-14)24(22,23)15-6-4-13(3)5-7-15/h4-7,12,14,16H,8-11,18H2,1-3H3,(H,19,21)/t16-/m0/s1. The normalized spacial score (nSPS) is 18.5. The molecule has 1 atom stereocenters. The highest BCUT2D eigenvalue weighted by Crippen LogP contribution is 2.21. The van der Waals surface area contributed by atoms with Gasteiger partial charge in [-0.25, -0.2) is 8.42 Å². The molecule has 3 N–H and O–H groups in total. The first-order valence-corrected chi connectivity index (χ1v) is 9.78. The molecule has 1 amide bonds. The van der Waals surface area contributed by atoms with Gasteiger partial charge in [0, 0.05) is 19.1 Å². The van der Waals surface area contributed by atoms with Crippen molar-refractivity contribution in [1.29, 1.82) is 0 Å². The Hall–Kier alpha value is -1.44. The van der Waals surface area contributed by atoms with Crippen LogP contribution < -0.4 is 11.1 Å². The van der Waals surface area contributed by atoms with Crippen molar-refractivity contribution in [2.75, 3.05) is 13.1 Å². The molecule has 0 bridgehead atoms. The number of carbonyl (C=O) groups excluding carboxylic acids is 1. The van der Waals surface area contributed by atoms with Crippen LogP contribution in [0.2, 0.25) is 0 Å². The molecule has 6 nitrogen and oxygen atoms in total. The summed E-state index contributed by atoms with van der Waals surface area (Å²) in [6, 6.07) is 6.33. The van der Waals surface area contributed by atoms with Gasteiger partial charge in [0.15, 0.2) is 0 Å². The fraction of sp³-hybridized carbons (Fsp3) is 0.588. The minimum Gasteiger partial charge on any atom is -0.352 e. The molecule has 0 radical (unpaired) electrons. The Morgan fingerprint density at radius 2 is 1.75 bits per heavy atom. The Morgan fingerprint density at radius 1 is 1.21 bits per heavy atom. The average molecular weight is 353 g/mol. The van der Waals surface area contributed by atoms with Gasteiger partial charge in [0.25, 0.3) is 0 Å².